The minimum atomic E-state index is -0.933. The number of aliphatic carboxylic acids is 1. The number of amides is 2. The number of carboxylic acids is 1. The van der Waals surface area contributed by atoms with Crippen molar-refractivity contribution in [3.8, 4) is 0 Å². The molecule has 0 spiro atoms. The molecule has 0 radical (unpaired) electrons. The number of nitrogens with one attached hydrogen (secondary N) is 1. The van der Waals surface area contributed by atoms with Crippen molar-refractivity contribution >= 4 is 12.0 Å². The molecule has 0 aromatic carbocycles. The molecule has 6 heteroatoms. The molecule has 1 aromatic heterocycles. The van der Waals surface area contributed by atoms with Crippen molar-refractivity contribution < 1.29 is 14.7 Å². The topological polar surface area (TPSA) is 82.5 Å². The monoisotopic (exact) mass is 251 g/mol. The highest BCUT2D eigenvalue weighted by atomic mass is 16.4. The van der Waals surface area contributed by atoms with Crippen LogP contribution in [0.15, 0.2) is 24.5 Å². The fraction of sp³-hybridized carbons (Fsp3) is 0.417. The number of hydrogen-bond acceptors (Lipinski definition) is 3. The van der Waals surface area contributed by atoms with Gasteiger partial charge >= 0.3 is 12.0 Å². The molecule has 2 amide bonds. The number of carboxylic acid groups (broad SMARTS) is 1. The Morgan fingerprint density at radius 1 is 1.56 bits per heavy atom. The molecule has 98 valence electrons. The molecule has 1 unspecified atom stereocenters. The first-order chi connectivity index (χ1) is 8.49. The fourth-order valence-electron chi connectivity index (χ4n) is 1.47. The van der Waals surface area contributed by atoms with E-state index in [9.17, 15) is 9.59 Å². The summed E-state index contributed by atoms with van der Waals surface area (Å²) < 4.78 is 0. The Labute approximate surface area is 106 Å². The van der Waals surface area contributed by atoms with E-state index in [2.05, 4.69) is 10.3 Å². The smallest absolute Gasteiger partial charge is 0.317 e. The molecular formula is C12H17N3O3. The lowest BCUT2D eigenvalue weighted by molar-refractivity contribution is -0.137. The zero-order valence-corrected chi connectivity index (χ0v) is 10.5. The highest BCUT2D eigenvalue weighted by molar-refractivity contribution is 5.75. The van der Waals surface area contributed by atoms with E-state index in [0.29, 0.717) is 6.54 Å². The van der Waals surface area contributed by atoms with Crippen LogP contribution in [0, 0.1) is 0 Å². The summed E-state index contributed by atoms with van der Waals surface area (Å²) in [4.78, 5) is 27.7. The van der Waals surface area contributed by atoms with Crippen molar-refractivity contribution in [2.45, 2.75) is 25.9 Å². The summed E-state index contributed by atoms with van der Waals surface area (Å²) in [7, 11) is 1.65. The minimum absolute atomic E-state index is 0.0908. The fourth-order valence-corrected chi connectivity index (χ4v) is 1.47. The maximum absolute atomic E-state index is 11.7. The third kappa shape index (κ3) is 4.82. The molecule has 1 rings (SSSR count). The largest absolute Gasteiger partial charge is 0.481 e. The zero-order valence-electron chi connectivity index (χ0n) is 10.5. The second-order valence-corrected chi connectivity index (χ2v) is 4.17. The van der Waals surface area contributed by atoms with E-state index in [4.69, 9.17) is 5.11 Å². The van der Waals surface area contributed by atoms with Crippen LogP contribution in [0.5, 0.6) is 0 Å². The van der Waals surface area contributed by atoms with Gasteiger partial charge in [-0.2, -0.15) is 0 Å². The number of pyridine rings is 1. The zero-order chi connectivity index (χ0) is 13.5. The Morgan fingerprint density at radius 2 is 2.28 bits per heavy atom. The maximum Gasteiger partial charge on any atom is 0.317 e. The molecule has 0 bridgehead atoms. The van der Waals surface area contributed by atoms with Crippen molar-refractivity contribution in [3.05, 3.63) is 30.1 Å². The van der Waals surface area contributed by atoms with Gasteiger partial charge in [-0.25, -0.2) is 4.79 Å². The molecule has 1 heterocycles. The van der Waals surface area contributed by atoms with Crippen molar-refractivity contribution in [1.82, 2.24) is 15.2 Å². The molecule has 0 aliphatic carbocycles. The quantitative estimate of drug-likeness (QED) is 0.820. The predicted molar refractivity (Wildman–Crippen MR) is 66.0 cm³/mol. The lowest BCUT2D eigenvalue weighted by atomic mass is 10.2. The summed E-state index contributed by atoms with van der Waals surface area (Å²) in [6, 6.07) is 2.98. The minimum Gasteiger partial charge on any atom is -0.481 e. The van der Waals surface area contributed by atoms with Crippen LogP contribution in [-0.4, -0.2) is 40.1 Å². The summed E-state index contributed by atoms with van der Waals surface area (Å²) in [5.41, 5.74) is 0.918. The molecule has 2 N–H and O–H groups in total. The number of aromatic nitrogens is 1. The number of carbonyl (C=O) groups is 2. The Balaban J connectivity index is 2.44. The van der Waals surface area contributed by atoms with Crippen LogP contribution in [0.2, 0.25) is 0 Å². The van der Waals surface area contributed by atoms with Crippen LogP contribution in [0.3, 0.4) is 0 Å². The number of nitrogens with zero attached hydrogens (tertiary/aromatic N) is 2. The summed E-state index contributed by atoms with van der Waals surface area (Å²) in [5, 5.41) is 11.2. The maximum atomic E-state index is 11.7. The molecular weight excluding hydrogens is 234 g/mol. The predicted octanol–water partition coefficient (Wildman–Crippen LogP) is 1.09. The Bertz CT molecular complexity index is 408. The van der Waals surface area contributed by atoms with E-state index in [1.807, 2.05) is 6.07 Å². The van der Waals surface area contributed by atoms with Crippen molar-refractivity contribution in [2.75, 3.05) is 7.05 Å². The second-order valence-electron chi connectivity index (χ2n) is 4.17. The summed E-state index contributed by atoms with van der Waals surface area (Å²) in [5.74, 6) is -0.933. The third-order valence-corrected chi connectivity index (χ3v) is 2.34. The molecule has 1 atom stereocenters. The van der Waals surface area contributed by atoms with Crippen LogP contribution in [0.1, 0.15) is 18.9 Å². The van der Waals surface area contributed by atoms with Crippen LogP contribution < -0.4 is 5.32 Å². The van der Waals surface area contributed by atoms with Gasteiger partial charge in [0.1, 0.15) is 0 Å². The number of rotatable bonds is 5. The standard InChI is InChI=1S/C12H17N3O3/c1-9(6-11(16)17)14-12(18)15(2)8-10-4-3-5-13-7-10/h3-5,7,9H,6,8H2,1-2H3,(H,14,18)(H,16,17). The number of carbonyl (C=O) groups excluding carboxylic acids is 1. The third-order valence-electron chi connectivity index (χ3n) is 2.34. The average molecular weight is 251 g/mol. The normalized spacial score (nSPS) is 11.7. The van der Waals surface area contributed by atoms with E-state index >= 15 is 0 Å². The molecule has 18 heavy (non-hydrogen) atoms. The van der Waals surface area contributed by atoms with Gasteiger partial charge in [-0.3, -0.25) is 9.78 Å². The molecule has 1 aromatic rings. The van der Waals surface area contributed by atoms with Gasteiger partial charge in [0, 0.05) is 32.0 Å². The first-order valence-corrected chi connectivity index (χ1v) is 5.61. The Kier molecular flexibility index (Phi) is 5.10. The highest BCUT2D eigenvalue weighted by Gasteiger charge is 2.14. The van der Waals surface area contributed by atoms with Crippen LogP contribution in [0.25, 0.3) is 0 Å². The molecule has 0 saturated carbocycles. The first kappa shape index (κ1) is 14.0. The summed E-state index contributed by atoms with van der Waals surface area (Å²) in [6.07, 6.45) is 3.26. The van der Waals surface area contributed by atoms with Gasteiger partial charge in [0.25, 0.3) is 0 Å². The van der Waals surface area contributed by atoms with E-state index in [1.54, 1.807) is 32.4 Å². The van der Waals surface area contributed by atoms with E-state index < -0.39 is 12.0 Å². The van der Waals surface area contributed by atoms with Gasteiger partial charge in [-0.15, -0.1) is 0 Å². The average Bonchev–Trinajstić information content (AvgIpc) is 2.28. The summed E-state index contributed by atoms with van der Waals surface area (Å²) in [6.45, 7) is 2.09. The van der Waals surface area contributed by atoms with E-state index in [-0.39, 0.29) is 12.5 Å². The van der Waals surface area contributed by atoms with Crippen molar-refractivity contribution in [1.29, 1.82) is 0 Å². The van der Waals surface area contributed by atoms with Gasteiger partial charge in [0.2, 0.25) is 0 Å². The van der Waals surface area contributed by atoms with Crippen LogP contribution in [0.4, 0.5) is 4.79 Å². The lowest BCUT2D eigenvalue weighted by Crippen LogP contribution is -2.42. The Hall–Kier alpha value is -2.11. The van der Waals surface area contributed by atoms with E-state index in [1.165, 1.54) is 4.90 Å². The summed E-state index contributed by atoms with van der Waals surface area (Å²) >= 11 is 0. The van der Waals surface area contributed by atoms with Crippen molar-refractivity contribution in [3.63, 3.8) is 0 Å². The van der Waals surface area contributed by atoms with Crippen LogP contribution in [-0.2, 0) is 11.3 Å². The number of hydrogen-bond donors (Lipinski definition) is 2. The molecule has 0 saturated heterocycles. The number of urea groups is 1. The van der Waals surface area contributed by atoms with Gasteiger partial charge < -0.3 is 15.3 Å². The second kappa shape index (κ2) is 6.58. The SMILES string of the molecule is CC(CC(=O)O)NC(=O)N(C)Cc1cccnc1. The Morgan fingerprint density at radius 3 is 2.83 bits per heavy atom. The van der Waals surface area contributed by atoms with E-state index in [0.717, 1.165) is 5.56 Å². The van der Waals surface area contributed by atoms with Gasteiger partial charge in [0.15, 0.2) is 0 Å². The molecule has 0 fully saturated rings. The van der Waals surface area contributed by atoms with Gasteiger partial charge in [0.05, 0.1) is 6.42 Å². The first-order valence-electron chi connectivity index (χ1n) is 5.61. The molecule has 0 aliphatic rings. The van der Waals surface area contributed by atoms with Crippen molar-refractivity contribution in [2.24, 2.45) is 0 Å². The lowest BCUT2D eigenvalue weighted by Gasteiger charge is -2.20. The van der Waals surface area contributed by atoms with Crippen LogP contribution >= 0.6 is 0 Å². The van der Waals surface area contributed by atoms with Gasteiger partial charge in [-0.05, 0) is 18.6 Å². The van der Waals surface area contributed by atoms with Gasteiger partial charge in [-0.1, -0.05) is 6.07 Å². The highest BCUT2D eigenvalue weighted by Crippen LogP contribution is 2.01. The molecule has 6 nitrogen and oxygen atoms in total. The molecule has 0 aliphatic heterocycles.